The minimum atomic E-state index is -0.799. The lowest BCUT2D eigenvalue weighted by Crippen LogP contribution is -2.35. The van der Waals surface area contributed by atoms with Crippen molar-refractivity contribution in [1.82, 2.24) is 19.9 Å². The Bertz CT molecular complexity index is 1290. The van der Waals surface area contributed by atoms with Gasteiger partial charge in [0.05, 0.1) is 11.7 Å². The molecule has 0 saturated carbocycles. The highest BCUT2D eigenvalue weighted by Crippen LogP contribution is 2.29. The number of pyridine rings is 1. The average Bonchev–Trinajstić information content (AvgIpc) is 2.87. The Labute approximate surface area is 209 Å². The van der Waals surface area contributed by atoms with Crippen LogP contribution in [0.5, 0.6) is 5.75 Å². The summed E-state index contributed by atoms with van der Waals surface area (Å²) < 4.78 is 7.15. The third kappa shape index (κ3) is 5.35. The first-order valence-electron chi connectivity index (χ1n) is 11.9. The molecule has 1 aliphatic heterocycles. The van der Waals surface area contributed by atoms with Crippen LogP contribution in [0.25, 0.3) is 10.9 Å². The van der Waals surface area contributed by atoms with Gasteiger partial charge in [-0.25, -0.2) is 4.98 Å². The number of likely N-dealkylation sites (N-methyl/N-ethyl adjacent to an activating group) is 1. The van der Waals surface area contributed by atoms with E-state index in [1.807, 2.05) is 18.2 Å². The fraction of sp³-hybridized carbons (Fsp3) is 0.440. The molecule has 0 aliphatic carbocycles. The molecule has 10 heteroatoms. The van der Waals surface area contributed by atoms with Gasteiger partial charge in [-0.1, -0.05) is 24.9 Å². The SMILES string of the molecule is CCC1CCN(c2ncc(Cl)c(Nc3ccc4c(c3)cc(OC(C)C(=O)NC)c(=O)n4C)n2)CC1. The van der Waals surface area contributed by atoms with Crippen molar-refractivity contribution >= 4 is 45.9 Å². The third-order valence-electron chi connectivity index (χ3n) is 6.58. The number of hydrogen-bond acceptors (Lipinski definition) is 7. The number of ether oxygens (including phenoxy) is 1. The summed E-state index contributed by atoms with van der Waals surface area (Å²) in [6.07, 6.45) is 4.30. The third-order valence-corrected chi connectivity index (χ3v) is 6.86. The quantitative estimate of drug-likeness (QED) is 0.510. The monoisotopic (exact) mass is 498 g/mol. The highest BCUT2D eigenvalue weighted by Gasteiger charge is 2.21. The normalized spacial score (nSPS) is 15.2. The van der Waals surface area contributed by atoms with Gasteiger partial charge in [0.1, 0.15) is 5.02 Å². The second-order valence-electron chi connectivity index (χ2n) is 8.85. The Morgan fingerprint density at radius 1 is 1.29 bits per heavy atom. The zero-order valence-corrected chi connectivity index (χ0v) is 21.2. The van der Waals surface area contributed by atoms with Crippen LogP contribution in [0.2, 0.25) is 5.02 Å². The molecule has 186 valence electrons. The number of halogens is 1. The van der Waals surface area contributed by atoms with Gasteiger partial charge in [0.15, 0.2) is 17.7 Å². The van der Waals surface area contributed by atoms with Crippen molar-refractivity contribution in [2.24, 2.45) is 13.0 Å². The van der Waals surface area contributed by atoms with Crippen molar-refractivity contribution < 1.29 is 9.53 Å². The summed E-state index contributed by atoms with van der Waals surface area (Å²) in [5.74, 6) is 1.73. The summed E-state index contributed by atoms with van der Waals surface area (Å²) in [5, 5.41) is 6.99. The summed E-state index contributed by atoms with van der Waals surface area (Å²) in [6.45, 7) is 5.70. The van der Waals surface area contributed by atoms with Crippen LogP contribution in [0.4, 0.5) is 17.5 Å². The van der Waals surface area contributed by atoms with Crippen LogP contribution in [0.1, 0.15) is 33.1 Å². The van der Waals surface area contributed by atoms with E-state index in [0.29, 0.717) is 16.8 Å². The van der Waals surface area contributed by atoms with Crippen LogP contribution in [0.3, 0.4) is 0 Å². The molecule has 1 fully saturated rings. The highest BCUT2D eigenvalue weighted by molar-refractivity contribution is 6.32. The van der Waals surface area contributed by atoms with E-state index in [4.69, 9.17) is 16.3 Å². The highest BCUT2D eigenvalue weighted by atomic mass is 35.5. The number of aryl methyl sites for hydroxylation is 1. The Balaban J connectivity index is 1.60. The first-order chi connectivity index (χ1) is 16.8. The van der Waals surface area contributed by atoms with Crippen LogP contribution in [0, 0.1) is 5.92 Å². The second-order valence-corrected chi connectivity index (χ2v) is 9.26. The molecular weight excluding hydrogens is 468 g/mol. The summed E-state index contributed by atoms with van der Waals surface area (Å²) in [5.41, 5.74) is 1.16. The smallest absolute Gasteiger partial charge is 0.293 e. The molecule has 2 aromatic heterocycles. The lowest BCUT2D eigenvalue weighted by atomic mass is 9.95. The van der Waals surface area contributed by atoms with Gasteiger partial charge in [0.25, 0.3) is 11.5 Å². The van der Waals surface area contributed by atoms with E-state index in [1.165, 1.54) is 18.0 Å². The fourth-order valence-electron chi connectivity index (χ4n) is 4.34. The molecule has 4 rings (SSSR count). The summed E-state index contributed by atoms with van der Waals surface area (Å²) >= 11 is 6.41. The van der Waals surface area contributed by atoms with Gasteiger partial charge < -0.3 is 24.8 Å². The number of nitrogens with one attached hydrogen (secondary N) is 2. The maximum atomic E-state index is 12.7. The number of rotatable bonds is 7. The molecule has 3 aromatic rings. The van der Waals surface area contributed by atoms with Gasteiger partial charge in [0.2, 0.25) is 5.95 Å². The number of aromatic nitrogens is 3. The van der Waals surface area contributed by atoms with E-state index in [-0.39, 0.29) is 17.2 Å². The van der Waals surface area contributed by atoms with Gasteiger partial charge in [-0.05, 0) is 49.9 Å². The Hall–Kier alpha value is -3.33. The molecule has 1 amide bonds. The number of fused-ring (bicyclic) bond motifs is 1. The molecule has 35 heavy (non-hydrogen) atoms. The Morgan fingerprint density at radius 2 is 2.03 bits per heavy atom. The van der Waals surface area contributed by atoms with Crippen molar-refractivity contribution in [3.63, 3.8) is 0 Å². The number of benzene rings is 1. The minimum Gasteiger partial charge on any atom is -0.475 e. The Morgan fingerprint density at radius 3 is 2.71 bits per heavy atom. The lowest BCUT2D eigenvalue weighted by molar-refractivity contribution is -0.126. The molecule has 1 unspecified atom stereocenters. The minimum absolute atomic E-state index is 0.103. The number of piperidine rings is 1. The van der Waals surface area contributed by atoms with Crippen LogP contribution >= 0.6 is 11.6 Å². The van der Waals surface area contributed by atoms with Crippen LogP contribution < -0.4 is 25.8 Å². The van der Waals surface area contributed by atoms with Crippen molar-refractivity contribution in [3.05, 3.63) is 45.8 Å². The van der Waals surface area contributed by atoms with Gasteiger partial charge in [-0.15, -0.1) is 0 Å². The number of carbonyl (C=O) groups is 1. The number of hydrogen-bond donors (Lipinski definition) is 2. The zero-order chi connectivity index (χ0) is 25.1. The van der Waals surface area contributed by atoms with E-state index in [1.54, 1.807) is 26.2 Å². The number of carbonyl (C=O) groups excluding carboxylic acids is 1. The van der Waals surface area contributed by atoms with Crippen molar-refractivity contribution in [1.29, 1.82) is 0 Å². The topological polar surface area (TPSA) is 101 Å². The van der Waals surface area contributed by atoms with E-state index in [0.717, 1.165) is 48.4 Å². The molecule has 2 N–H and O–H groups in total. The second kappa shape index (κ2) is 10.5. The first kappa shape index (κ1) is 24.8. The van der Waals surface area contributed by atoms with Crippen molar-refractivity contribution in [2.75, 3.05) is 30.4 Å². The predicted molar refractivity (Wildman–Crippen MR) is 139 cm³/mol. The van der Waals surface area contributed by atoms with Crippen LogP contribution in [-0.2, 0) is 11.8 Å². The van der Waals surface area contributed by atoms with Crippen molar-refractivity contribution in [3.8, 4) is 5.75 Å². The standard InChI is InChI=1S/C25H31ClN6O3/c1-5-16-8-10-32(11-9-16)25-28-14-19(26)22(30-25)29-18-6-7-20-17(12-18)13-21(24(34)31(20)4)35-15(2)23(33)27-3/h6-7,12-16H,5,8-11H2,1-4H3,(H,27,33)(H,28,29,30). The van der Waals surface area contributed by atoms with E-state index < -0.39 is 6.10 Å². The summed E-state index contributed by atoms with van der Waals surface area (Å²) in [4.78, 5) is 35.9. The molecular formula is C25H31ClN6O3. The molecule has 1 aliphatic rings. The van der Waals surface area contributed by atoms with Gasteiger partial charge in [0, 0.05) is 38.3 Å². The largest absolute Gasteiger partial charge is 0.475 e. The van der Waals surface area contributed by atoms with Gasteiger partial charge in [-0.3, -0.25) is 9.59 Å². The van der Waals surface area contributed by atoms with Crippen LogP contribution in [0.15, 0.2) is 35.3 Å². The van der Waals surface area contributed by atoms with Crippen molar-refractivity contribution in [2.45, 2.75) is 39.2 Å². The molecule has 1 atom stereocenters. The summed E-state index contributed by atoms with van der Waals surface area (Å²) in [7, 11) is 3.19. The fourth-order valence-corrected chi connectivity index (χ4v) is 4.48. The maximum absolute atomic E-state index is 12.7. The van der Waals surface area contributed by atoms with Crippen LogP contribution in [-0.4, -0.2) is 46.7 Å². The molecule has 0 radical (unpaired) electrons. The number of nitrogens with zero attached hydrogens (tertiary/aromatic N) is 4. The van der Waals surface area contributed by atoms with Gasteiger partial charge >= 0.3 is 0 Å². The van der Waals surface area contributed by atoms with E-state index in [2.05, 4.69) is 32.4 Å². The van der Waals surface area contributed by atoms with E-state index >= 15 is 0 Å². The molecule has 0 spiro atoms. The van der Waals surface area contributed by atoms with Gasteiger partial charge in [-0.2, -0.15) is 4.98 Å². The lowest BCUT2D eigenvalue weighted by Gasteiger charge is -2.31. The van der Waals surface area contributed by atoms with E-state index in [9.17, 15) is 9.59 Å². The Kier molecular flexibility index (Phi) is 7.45. The number of anilines is 3. The predicted octanol–water partition coefficient (Wildman–Crippen LogP) is 3.87. The zero-order valence-electron chi connectivity index (χ0n) is 20.5. The summed E-state index contributed by atoms with van der Waals surface area (Å²) in [6, 6.07) is 7.24. The molecule has 3 heterocycles. The molecule has 1 aromatic carbocycles. The maximum Gasteiger partial charge on any atom is 0.293 e. The first-order valence-corrected chi connectivity index (χ1v) is 12.2. The number of amides is 1. The molecule has 0 bridgehead atoms. The average molecular weight is 499 g/mol. The molecule has 9 nitrogen and oxygen atoms in total. The molecule has 1 saturated heterocycles.